The Morgan fingerprint density at radius 3 is 2.33 bits per heavy atom. The number of aliphatic hydroxyl groups excluding tert-OH is 1. The van der Waals surface area contributed by atoms with E-state index in [-0.39, 0.29) is 17.8 Å². The van der Waals surface area contributed by atoms with Crippen LogP contribution in [-0.4, -0.2) is 31.6 Å². The molecule has 1 fully saturated rings. The Kier molecular flexibility index (Phi) is 1.52. The van der Waals surface area contributed by atoms with Gasteiger partial charge in [0.1, 0.15) is 0 Å². The van der Waals surface area contributed by atoms with Crippen LogP contribution >= 0.6 is 0 Å². The summed E-state index contributed by atoms with van der Waals surface area (Å²) in [7, 11) is -2.85. The van der Waals surface area contributed by atoms with Crippen molar-refractivity contribution < 1.29 is 13.5 Å². The summed E-state index contributed by atoms with van der Waals surface area (Å²) in [6.07, 6.45) is 1.86. The molecule has 0 saturated heterocycles. The van der Waals surface area contributed by atoms with Gasteiger partial charge in [0.2, 0.25) is 0 Å². The summed E-state index contributed by atoms with van der Waals surface area (Å²) >= 11 is 0. The van der Waals surface area contributed by atoms with Gasteiger partial charge in [0.25, 0.3) is 0 Å². The van der Waals surface area contributed by atoms with Gasteiger partial charge in [0.05, 0.1) is 5.25 Å². The van der Waals surface area contributed by atoms with Gasteiger partial charge in [-0.25, -0.2) is 8.42 Å². The lowest BCUT2D eigenvalue weighted by Crippen LogP contribution is -2.06. The van der Waals surface area contributed by atoms with E-state index >= 15 is 0 Å². The monoisotopic (exact) mass is 150 g/mol. The second-order valence-corrected chi connectivity index (χ2v) is 4.81. The highest BCUT2D eigenvalue weighted by Crippen LogP contribution is 2.35. The highest BCUT2D eigenvalue weighted by molar-refractivity contribution is 7.91. The van der Waals surface area contributed by atoms with Gasteiger partial charge in [-0.15, -0.1) is 0 Å². The minimum absolute atomic E-state index is 0.0116. The molecule has 0 radical (unpaired) electrons. The van der Waals surface area contributed by atoms with Crippen molar-refractivity contribution in [1.82, 2.24) is 0 Å². The molecule has 1 saturated carbocycles. The lowest BCUT2D eigenvalue weighted by Gasteiger charge is -1.90. The lowest BCUT2D eigenvalue weighted by molar-refractivity contribution is 0.277. The van der Waals surface area contributed by atoms with E-state index in [1.54, 1.807) is 0 Å². The summed E-state index contributed by atoms with van der Waals surface area (Å²) in [6.45, 7) is 0.0116. The van der Waals surface area contributed by atoms with Gasteiger partial charge < -0.3 is 5.11 Å². The maximum absolute atomic E-state index is 10.7. The Labute approximate surface area is 54.6 Å². The zero-order valence-electron chi connectivity index (χ0n) is 5.24. The van der Waals surface area contributed by atoms with Gasteiger partial charge in [0.15, 0.2) is 9.84 Å². The van der Waals surface area contributed by atoms with Crippen molar-refractivity contribution in [3.8, 4) is 0 Å². The first-order chi connectivity index (χ1) is 4.05. The Bertz CT molecular complexity index is 194. The van der Waals surface area contributed by atoms with Crippen LogP contribution in [0.1, 0.15) is 6.42 Å². The molecule has 0 spiro atoms. The fourth-order valence-corrected chi connectivity index (χ4v) is 2.32. The molecule has 0 aromatic carbocycles. The first-order valence-corrected chi connectivity index (χ1v) is 4.81. The molecule has 3 nitrogen and oxygen atoms in total. The van der Waals surface area contributed by atoms with Crippen molar-refractivity contribution in [3.05, 3.63) is 0 Å². The van der Waals surface area contributed by atoms with Gasteiger partial charge >= 0.3 is 0 Å². The quantitative estimate of drug-likeness (QED) is 0.572. The van der Waals surface area contributed by atoms with Gasteiger partial charge in [-0.1, -0.05) is 0 Å². The highest BCUT2D eigenvalue weighted by atomic mass is 32.2. The van der Waals surface area contributed by atoms with Crippen LogP contribution < -0.4 is 0 Å². The van der Waals surface area contributed by atoms with E-state index in [4.69, 9.17) is 5.11 Å². The summed E-state index contributed by atoms with van der Waals surface area (Å²) in [5, 5.41) is 8.23. The molecule has 4 heteroatoms. The Morgan fingerprint density at radius 1 is 1.67 bits per heavy atom. The largest absolute Gasteiger partial charge is 0.396 e. The van der Waals surface area contributed by atoms with Crippen molar-refractivity contribution in [1.29, 1.82) is 0 Å². The van der Waals surface area contributed by atoms with E-state index in [0.29, 0.717) is 6.42 Å². The summed E-state index contributed by atoms with van der Waals surface area (Å²) in [5.41, 5.74) is 0. The molecule has 1 rings (SSSR count). The van der Waals surface area contributed by atoms with Crippen LogP contribution in [0.15, 0.2) is 0 Å². The molecule has 54 valence electrons. The predicted molar refractivity (Wildman–Crippen MR) is 33.8 cm³/mol. The van der Waals surface area contributed by atoms with Gasteiger partial charge in [-0.3, -0.25) is 0 Å². The maximum atomic E-state index is 10.7. The van der Waals surface area contributed by atoms with E-state index in [2.05, 4.69) is 0 Å². The van der Waals surface area contributed by atoms with E-state index in [1.807, 2.05) is 0 Å². The van der Waals surface area contributed by atoms with Crippen molar-refractivity contribution in [2.24, 2.45) is 5.92 Å². The topological polar surface area (TPSA) is 54.4 Å². The first kappa shape index (κ1) is 7.02. The number of hydrogen-bond acceptors (Lipinski definition) is 3. The van der Waals surface area contributed by atoms with Gasteiger partial charge in [0, 0.05) is 12.9 Å². The summed E-state index contributed by atoms with van der Waals surface area (Å²) in [6, 6.07) is 0. The van der Waals surface area contributed by atoms with E-state index in [0.717, 1.165) is 0 Å². The van der Waals surface area contributed by atoms with Crippen LogP contribution in [-0.2, 0) is 9.84 Å². The first-order valence-electron chi connectivity index (χ1n) is 2.85. The molecule has 2 atom stereocenters. The molecule has 0 aromatic rings. The second kappa shape index (κ2) is 1.95. The summed E-state index contributed by atoms with van der Waals surface area (Å²) in [5.74, 6) is 0.0278. The second-order valence-electron chi connectivity index (χ2n) is 2.55. The highest BCUT2D eigenvalue weighted by Gasteiger charge is 2.44. The number of sulfone groups is 1. The third-order valence-electron chi connectivity index (χ3n) is 1.64. The van der Waals surface area contributed by atoms with Gasteiger partial charge in [-0.2, -0.15) is 0 Å². The fourth-order valence-electron chi connectivity index (χ4n) is 0.936. The fraction of sp³-hybridized carbons (Fsp3) is 1.00. The average Bonchev–Trinajstić information content (AvgIpc) is 2.39. The minimum atomic E-state index is -2.85. The summed E-state index contributed by atoms with van der Waals surface area (Å²) < 4.78 is 21.3. The van der Waals surface area contributed by atoms with Crippen molar-refractivity contribution >= 4 is 9.84 Å². The van der Waals surface area contributed by atoms with Crippen molar-refractivity contribution in [2.75, 3.05) is 12.9 Å². The van der Waals surface area contributed by atoms with Crippen LogP contribution in [0.2, 0.25) is 0 Å². The van der Waals surface area contributed by atoms with Crippen molar-refractivity contribution in [2.45, 2.75) is 11.7 Å². The third kappa shape index (κ3) is 1.43. The molecule has 0 heterocycles. The molecule has 0 aromatic heterocycles. The summed E-state index contributed by atoms with van der Waals surface area (Å²) in [4.78, 5) is 0. The zero-order valence-corrected chi connectivity index (χ0v) is 6.06. The maximum Gasteiger partial charge on any atom is 0.150 e. The van der Waals surface area contributed by atoms with Gasteiger partial charge in [-0.05, 0) is 12.3 Å². The third-order valence-corrected chi connectivity index (χ3v) is 3.32. The SMILES string of the molecule is CS(=O)(=O)[C@@H]1C[C@H]1CO. The number of rotatable bonds is 2. The molecule has 1 aliphatic rings. The smallest absolute Gasteiger partial charge is 0.150 e. The van der Waals surface area contributed by atoms with E-state index < -0.39 is 9.84 Å². The average molecular weight is 150 g/mol. The molecule has 0 unspecified atom stereocenters. The molecular formula is C5H10O3S. The number of hydrogen-bond donors (Lipinski definition) is 1. The molecule has 0 bridgehead atoms. The molecule has 1 N–H and O–H groups in total. The van der Waals surface area contributed by atoms with Crippen molar-refractivity contribution in [3.63, 3.8) is 0 Å². The molecular weight excluding hydrogens is 140 g/mol. The van der Waals surface area contributed by atoms with E-state index in [1.165, 1.54) is 6.26 Å². The Morgan fingerprint density at radius 2 is 2.22 bits per heavy atom. The molecule has 1 aliphatic carbocycles. The van der Waals surface area contributed by atoms with Crippen LogP contribution in [0.25, 0.3) is 0 Å². The lowest BCUT2D eigenvalue weighted by atomic mass is 10.5. The minimum Gasteiger partial charge on any atom is -0.396 e. The zero-order chi connectivity index (χ0) is 7.07. The Hall–Kier alpha value is -0.0900. The van der Waals surface area contributed by atoms with Crippen LogP contribution in [0.5, 0.6) is 0 Å². The molecule has 9 heavy (non-hydrogen) atoms. The predicted octanol–water partition coefficient (Wildman–Crippen LogP) is -0.588. The van der Waals surface area contributed by atoms with Crippen LogP contribution in [0.4, 0.5) is 0 Å². The standard InChI is InChI=1S/C5H10O3S/c1-9(7,8)5-2-4(5)3-6/h4-6H,2-3H2,1H3/t4-,5+/m0/s1. The Balaban J connectivity index is 2.53. The van der Waals surface area contributed by atoms with Crippen LogP contribution in [0, 0.1) is 5.92 Å². The van der Waals surface area contributed by atoms with Crippen LogP contribution in [0.3, 0.4) is 0 Å². The number of aliphatic hydroxyl groups is 1. The van der Waals surface area contributed by atoms with E-state index in [9.17, 15) is 8.42 Å². The molecule has 0 aliphatic heterocycles. The molecule has 0 amide bonds. The normalized spacial score (nSPS) is 34.4.